The minimum atomic E-state index is -0.243. The first kappa shape index (κ1) is 15.4. The second-order valence-electron chi connectivity index (χ2n) is 7.62. The topological polar surface area (TPSA) is 42.2 Å². The van der Waals surface area contributed by atoms with Crippen LogP contribution in [0.3, 0.4) is 0 Å². The number of aromatic nitrogens is 1. The van der Waals surface area contributed by atoms with Gasteiger partial charge >= 0.3 is 0 Å². The van der Waals surface area contributed by atoms with Crippen LogP contribution >= 0.6 is 11.3 Å². The monoisotopic (exact) mass is 307 g/mol. The van der Waals surface area contributed by atoms with Gasteiger partial charge in [-0.25, -0.2) is 4.98 Å². The molecule has 1 atom stereocenters. The summed E-state index contributed by atoms with van der Waals surface area (Å²) in [5.41, 5.74) is 7.43. The smallest absolute Gasteiger partial charge is 0.0944 e. The summed E-state index contributed by atoms with van der Waals surface area (Å²) >= 11 is 1.86. The molecule has 0 amide bonds. The van der Waals surface area contributed by atoms with E-state index in [9.17, 15) is 0 Å². The molecule has 0 bridgehead atoms. The van der Waals surface area contributed by atoms with Crippen LogP contribution in [0, 0.1) is 5.92 Å². The van der Waals surface area contributed by atoms with Gasteiger partial charge in [0.1, 0.15) is 0 Å². The molecule has 2 heterocycles. The minimum Gasteiger partial charge on any atom is -0.321 e. The van der Waals surface area contributed by atoms with E-state index in [1.807, 2.05) is 11.3 Å². The number of hydrogen-bond acceptors (Lipinski definition) is 4. The van der Waals surface area contributed by atoms with Crippen molar-refractivity contribution in [2.45, 2.75) is 64.3 Å². The van der Waals surface area contributed by atoms with E-state index in [-0.39, 0.29) is 5.54 Å². The maximum Gasteiger partial charge on any atom is 0.0944 e. The Morgan fingerprint density at radius 3 is 2.71 bits per heavy atom. The number of likely N-dealkylation sites (tertiary alicyclic amines) is 1. The van der Waals surface area contributed by atoms with Gasteiger partial charge < -0.3 is 10.6 Å². The summed E-state index contributed by atoms with van der Waals surface area (Å²) < 4.78 is 0. The van der Waals surface area contributed by atoms with E-state index < -0.39 is 0 Å². The van der Waals surface area contributed by atoms with Crippen LogP contribution in [0.2, 0.25) is 0 Å². The highest BCUT2D eigenvalue weighted by Crippen LogP contribution is 2.45. The first-order chi connectivity index (χ1) is 9.93. The number of nitrogens with two attached hydrogens (primary N) is 1. The third kappa shape index (κ3) is 3.85. The molecule has 0 spiro atoms. The molecule has 0 radical (unpaired) electrons. The highest BCUT2D eigenvalue weighted by atomic mass is 32.1. The predicted octanol–water partition coefficient (Wildman–Crippen LogP) is 3.49. The number of rotatable bonds is 5. The molecule has 1 aromatic heterocycles. The van der Waals surface area contributed by atoms with Gasteiger partial charge in [-0.15, -0.1) is 11.3 Å². The van der Waals surface area contributed by atoms with Crippen molar-refractivity contribution in [1.82, 2.24) is 9.88 Å². The Labute approximate surface area is 132 Å². The second-order valence-corrected chi connectivity index (χ2v) is 8.70. The van der Waals surface area contributed by atoms with E-state index in [2.05, 4.69) is 25.7 Å². The maximum absolute atomic E-state index is 6.35. The number of hydrogen-bond donors (Lipinski definition) is 1. The van der Waals surface area contributed by atoms with E-state index in [0.29, 0.717) is 5.92 Å². The van der Waals surface area contributed by atoms with Crippen molar-refractivity contribution < 1.29 is 0 Å². The SMILES string of the molecule is CC1CCCN(CCc2nc(C3CC3)c(C(C)(C)N)s2)C1. The van der Waals surface area contributed by atoms with Crippen molar-refractivity contribution >= 4 is 11.3 Å². The zero-order chi connectivity index (χ0) is 15.0. The fourth-order valence-corrected chi connectivity index (χ4v) is 4.48. The fraction of sp³-hybridized carbons (Fsp3) is 0.824. The van der Waals surface area contributed by atoms with Crippen LogP contribution in [0.15, 0.2) is 0 Å². The van der Waals surface area contributed by atoms with Gasteiger partial charge in [0.05, 0.1) is 10.7 Å². The quantitative estimate of drug-likeness (QED) is 0.905. The standard InChI is InChI=1S/C17H29N3S/c1-12-5-4-9-20(11-12)10-8-14-19-15(13-6-7-13)16(21-14)17(2,3)18/h12-13H,4-11,18H2,1-3H3. The van der Waals surface area contributed by atoms with Crippen LogP contribution in [0.4, 0.5) is 0 Å². The summed E-state index contributed by atoms with van der Waals surface area (Å²) in [6.45, 7) is 10.3. The van der Waals surface area contributed by atoms with Crippen molar-refractivity contribution in [3.8, 4) is 0 Å². The summed E-state index contributed by atoms with van der Waals surface area (Å²) in [6.07, 6.45) is 6.44. The largest absolute Gasteiger partial charge is 0.321 e. The molecule has 1 aliphatic heterocycles. The van der Waals surface area contributed by atoms with Crippen LogP contribution in [-0.4, -0.2) is 29.5 Å². The molecule has 2 N–H and O–H groups in total. The lowest BCUT2D eigenvalue weighted by molar-refractivity contribution is 0.186. The van der Waals surface area contributed by atoms with Gasteiger partial charge in [-0.2, -0.15) is 0 Å². The third-order valence-corrected chi connectivity index (χ3v) is 6.10. The predicted molar refractivity (Wildman–Crippen MR) is 89.8 cm³/mol. The van der Waals surface area contributed by atoms with Gasteiger partial charge in [-0.3, -0.25) is 0 Å². The molecule has 2 aliphatic rings. The lowest BCUT2D eigenvalue weighted by Crippen LogP contribution is -2.35. The van der Waals surface area contributed by atoms with E-state index in [0.717, 1.165) is 18.9 Å². The van der Waals surface area contributed by atoms with Crippen LogP contribution in [0.25, 0.3) is 0 Å². The third-order valence-electron chi connectivity index (χ3n) is 4.63. The van der Waals surface area contributed by atoms with Crippen molar-refractivity contribution in [2.24, 2.45) is 11.7 Å². The van der Waals surface area contributed by atoms with Gasteiger partial charge in [0.2, 0.25) is 0 Å². The molecule has 118 valence electrons. The molecule has 1 saturated carbocycles. The van der Waals surface area contributed by atoms with Crippen LogP contribution in [0.1, 0.15) is 68.0 Å². The Hall–Kier alpha value is -0.450. The summed E-state index contributed by atoms with van der Waals surface area (Å²) in [4.78, 5) is 8.89. The molecule has 1 unspecified atom stereocenters. The molecule has 3 rings (SSSR count). The molecule has 4 heteroatoms. The average Bonchev–Trinajstić information content (AvgIpc) is 3.15. The number of piperidine rings is 1. The average molecular weight is 308 g/mol. The van der Waals surface area contributed by atoms with E-state index >= 15 is 0 Å². The molecule has 1 saturated heterocycles. The van der Waals surface area contributed by atoms with E-state index in [1.165, 1.54) is 54.4 Å². The second kappa shape index (κ2) is 5.98. The zero-order valence-corrected chi connectivity index (χ0v) is 14.5. The highest BCUT2D eigenvalue weighted by molar-refractivity contribution is 7.11. The van der Waals surface area contributed by atoms with Gasteiger partial charge in [0.15, 0.2) is 0 Å². The number of nitrogens with zero attached hydrogens (tertiary/aromatic N) is 2. The van der Waals surface area contributed by atoms with Gasteiger partial charge in [0, 0.05) is 35.8 Å². The molecule has 1 aliphatic carbocycles. The van der Waals surface area contributed by atoms with Gasteiger partial charge in [-0.05, 0) is 52.0 Å². The fourth-order valence-electron chi connectivity index (χ4n) is 3.32. The van der Waals surface area contributed by atoms with Gasteiger partial charge in [-0.1, -0.05) is 6.92 Å². The molecule has 2 fully saturated rings. The zero-order valence-electron chi connectivity index (χ0n) is 13.7. The molecular weight excluding hydrogens is 278 g/mol. The Bertz CT molecular complexity index is 485. The number of thiazole rings is 1. The summed E-state index contributed by atoms with van der Waals surface area (Å²) in [6, 6.07) is 0. The summed E-state index contributed by atoms with van der Waals surface area (Å²) in [7, 11) is 0. The van der Waals surface area contributed by atoms with Crippen molar-refractivity contribution in [3.05, 3.63) is 15.6 Å². The Morgan fingerprint density at radius 2 is 2.10 bits per heavy atom. The Balaban J connectivity index is 1.65. The van der Waals surface area contributed by atoms with E-state index in [4.69, 9.17) is 10.7 Å². The molecule has 0 aromatic carbocycles. The van der Waals surface area contributed by atoms with Crippen molar-refractivity contribution in [2.75, 3.05) is 19.6 Å². The molecular formula is C17H29N3S. The van der Waals surface area contributed by atoms with Gasteiger partial charge in [0.25, 0.3) is 0 Å². The first-order valence-corrected chi connectivity index (χ1v) is 9.26. The van der Waals surface area contributed by atoms with Crippen LogP contribution in [-0.2, 0) is 12.0 Å². The molecule has 1 aromatic rings. The van der Waals surface area contributed by atoms with Crippen LogP contribution in [0.5, 0.6) is 0 Å². The molecule has 3 nitrogen and oxygen atoms in total. The molecule has 21 heavy (non-hydrogen) atoms. The van der Waals surface area contributed by atoms with Crippen molar-refractivity contribution in [3.63, 3.8) is 0 Å². The Morgan fingerprint density at radius 1 is 1.33 bits per heavy atom. The summed E-state index contributed by atoms with van der Waals surface area (Å²) in [5, 5.41) is 1.30. The van der Waals surface area contributed by atoms with E-state index in [1.54, 1.807) is 0 Å². The Kier molecular flexibility index (Phi) is 4.40. The summed E-state index contributed by atoms with van der Waals surface area (Å²) in [5.74, 6) is 1.55. The first-order valence-electron chi connectivity index (χ1n) is 8.45. The maximum atomic E-state index is 6.35. The lowest BCUT2D eigenvalue weighted by Gasteiger charge is -2.30. The highest BCUT2D eigenvalue weighted by Gasteiger charge is 2.33. The van der Waals surface area contributed by atoms with Crippen LogP contribution < -0.4 is 5.73 Å². The lowest BCUT2D eigenvalue weighted by atomic mass is 10.0. The normalized spacial score (nSPS) is 24.5. The minimum absolute atomic E-state index is 0.243. The van der Waals surface area contributed by atoms with Crippen molar-refractivity contribution in [1.29, 1.82) is 0 Å².